The van der Waals surface area contributed by atoms with Gasteiger partial charge in [-0.05, 0) is 54.8 Å². The third-order valence-electron chi connectivity index (χ3n) is 8.06. The van der Waals surface area contributed by atoms with E-state index in [2.05, 4.69) is 13.8 Å². The van der Waals surface area contributed by atoms with Gasteiger partial charge in [-0.3, -0.25) is 0 Å². The molecule has 0 aliphatic heterocycles. The van der Waals surface area contributed by atoms with E-state index in [1.807, 2.05) is 0 Å². The molecule has 22 heavy (non-hydrogen) atoms. The van der Waals surface area contributed by atoms with Crippen LogP contribution in [0.3, 0.4) is 0 Å². The number of rotatable bonds is 2. The van der Waals surface area contributed by atoms with Crippen molar-refractivity contribution in [3.05, 3.63) is 0 Å². The van der Waals surface area contributed by atoms with Crippen LogP contribution in [-0.2, 0) is 0 Å². The molecule has 0 aromatic rings. The van der Waals surface area contributed by atoms with Gasteiger partial charge >= 0.3 is 0 Å². The molecule has 0 nitrogen and oxygen atoms in total. The summed E-state index contributed by atoms with van der Waals surface area (Å²) in [6.45, 7) is 5.02. The molecule has 3 saturated carbocycles. The van der Waals surface area contributed by atoms with Gasteiger partial charge in [0.05, 0.1) is 0 Å². The fraction of sp³-hybridized carbons (Fsp3) is 1.00. The Bertz CT molecular complexity index is 316. The van der Waals surface area contributed by atoms with E-state index in [9.17, 15) is 0 Å². The van der Waals surface area contributed by atoms with Gasteiger partial charge in [-0.25, -0.2) is 0 Å². The summed E-state index contributed by atoms with van der Waals surface area (Å²) in [4.78, 5) is 0. The maximum Gasteiger partial charge on any atom is -0.0292 e. The van der Waals surface area contributed by atoms with E-state index in [0.717, 1.165) is 22.7 Å². The van der Waals surface area contributed by atoms with E-state index >= 15 is 0 Å². The highest BCUT2D eigenvalue weighted by atomic mass is 14.5. The Labute approximate surface area is 139 Å². The molecule has 0 spiro atoms. The third-order valence-corrected chi connectivity index (χ3v) is 8.06. The zero-order valence-electron chi connectivity index (χ0n) is 15.5. The molecule has 0 heteroatoms. The third kappa shape index (κ3) is 3.73. The van der Waals surface area contributed by atoms with Crippen LogP contribution >= 0.6 is 0 Å². The van der Waals surface area contributed by atoms with E-state index in [1.54, 1.807) is 57.8 Å². The second-order valence-corrected chi connectivity index (χ2v) is 9.45. The number of hydrogen-bond acceptors (Lipinski definition) is 0. The smallest absolute Gasteiger partial charge is 0.0292 e. The lowest BCUT2D eigenvalue weighted by molar-refractivity contribution is 0.00148. The zero-order chi connectivity index (χ0) is 15.5. The fourth-order valence-electron chi connectivity index (χ4n) is 6.71. The van der Waals surface area contributed by atoms with Crippen LogP contribution in [0.25, 0.3) is 0 Å². The SMILES string of the molecule is CCC12CCCC(CC)(CC3CCCCCC(CCC3)C1)C2. The molecule has 3 aliphatic rings. The summed E-state index contributed by atoms with van der Waals surface area (Å²) in [5, 5.41) is 0. The van der Waals surface area contributed by atoms with Gasteiger partial charge in [0.2, 0.25) is 0 Å². The second kappa shape index (κ2) is 7.27. The Balaban J connectivity index is 1.89. The van der Waals surface area contributed by atoms with Crippen LogP contribution in [0.1, 0.15) is 117 Å². The van der Waals surface area contributed by atoms with Crippen LogP contribution in [0.5, 0.6) is 0 Å². The summed E-state index contributed by atoms with van der Waals surface area (Å²) in [7, 11) is 0. The van der Waals surface area contributed by atoms with Gasteiger partial charge in [0.15, 0.2) is 0 Å². The molecule has 4 atom stereocenters. The summed E-state index contributed by atoms with van der Waals surface area (Å²) in [6.07, 6.45) is 24.6. The molecule has 128 valence electrons. The topological polar surface area (TPSA) is 0 Å². The first-order valence-corrected chi connectivity index (χ1v) is 10.7. The van der Waals surface area contributed by atoms with Crippen LogP contribution in [-0.4, -0.2) is 0 Å². The van der Waals surface area contributed by atoms with Gasteiger partial charge in [-0.2, -0.15) is 0 Å². The predicted molar refractivity (Wildman–Crippen MR) is 97.1 cm³/mol. The molecule has 0 amide bonds. The highest BCUT2D eigenvalue weighted by molar-refractivity contribution is 4.96. The monoisotopic (exact) mass is 304 g/mol. The molecule has 4 bridgehead atoms. The minimum atomic E-state index is 0.722. The largest absolute Gasteiger partial charge is 0.0649 e. The molecule has 0 heterocycles. The molecule has 0 aromatic carbocycles. The summed E-state index contributed by atoms with van der Waals surface area (Å²) in [5.74, 6) is 2.12. The van der Waals surface area contributed by atoms with Gasteiger partial charge in [0.25, 0.3) is 0 Å². The van der Waals surface area contributed by atoms with Gasteiger partial charge in [0, 0.05) is 0 Å². The first kappa shape index (κ1) is 16.8. The van der Waals surface area contributed by atoms with Crippen molar-refractivity contribution < 1.29 is 0 Å². The minimum Gasteiger partial charge on any atom is -0.0649 e. The summed E-state index contributed by atoms with van der Waals surface area (Å²) >= 11 is 0. The Hall–Kier alpha value is 0. The van der Waals surface area contributed by atoms with E-state index in [-0.39, 0.29) is 0 Å². The maximum absolute atomic E-state index is 2.51. The fourth-order valence-corrected chi connectivity index (χ4v) is 6.71. The van der Waals surface area contributed by atoms with E-state index < -0.39 is 0 Å². The molecule has 0 saturated heterocycles. The van der Waals surface area contributed by atoms with E-state index in [0.29, 0.717) is 0 Å². The van der Waals surface area contributed by atoms with Crippen LogP contribution in [0.4, 0.5) is 0 Å². The first-order valence-electron chi connectivity index (χ1n) is 10.7. The van der Waals surface area contributed by atoms with Crippen LogP contribution in [0.2, 0.25) is 0 Å². The molecular formula is C22H40. The van der Waals surface area contributed by atoms with Crippen LogP contribution in [0.15, 0.2) is 0 Å². The number of hydrogen-bond donors (Lipinski definition) is 0. The highest BCUT2D eigenvalue weighted by Gasteiger charge is 2.45. The summed E-state index contributed by atoms with van der Waals surface area (Å²) in [6, 6.07) is 0. The van der Waals surface area contributed by atoms with Crippen molar-refractivity contribution >= 4 is 0 Å². The van der Waals surface area contributed by atoms with Gasteiger partial charge < -0.3 is 0 Å². The van der Waals surface area contributed by atoms with Crippen molar-refractivity contribution in [3.63, 3.8) is 0 Å². The molecule has 4 unspecified atom stereocenters. The van der Waals surface area contributed by atoms with Gasteiger partial charge in [-0.15, -0.1) is 0 Å². The molecule has 3 aliphatic carbocycles. The Morgan fingerprint density at radius 3 is 1.64 bits per heavy atom. The van der Waals surface area contributed by atoms with Crippen molar-refractivity contribution in [2.75, 3.05) is 0 Å². The van der Waals surface area contributed by atoms with E-state index in [4.69, 9.17) is 0 Å². The summed E-state index contributed by atoms with van der Waals surface area (Å²) < 4.78 is 0. The van der Waals surface area contributed by atoms with Crippen molar-refractivity contribution in [2.45, 2.75) is 117 Å². The predicted octanol–water partition coefficient (Wildman–Crippen LogP) is 7.51. The average molecular weight is 305 g/mol. The van der Waals surface area contributed by atoms with Gasteiger partial charge in [0.1, 0.15) is 0 Å². The van der Waals surface area contributed by atoms with Crippen LogP contribution in [0, 0.1) is 22.7 Å². The van der Waals surface area contributed by atoms with Crippen molar-refractivity contribution in [2.24, 2.45) is 22.7 Å². The van der Waals surface area contributed by atoms with Crippen LogP contribution < -0.4 is 0 Å². The Kier molecular flexibility index (Phi) is 5.56. The summed E-state index contributed by atoms with van der Waals surface area (Å²) in [5.41, 5.74) is 1.44. The minimum absolute atomic E-state index is 0.722. The molecule has 3 fully saturated rings. The van der Waals surface area contributed by atoms with E-state index in [1.165, 1.54) is 44.9 Å². The highest BCUT2D eigenvalue weighted by Crippen LogP contribution is 2.57. The lowest BCUT2D eigenvalue weighted by Crippen LogP contribution is -2.39. The lowest BCUT2D eigenvalue weighted by Gasteiger charge is -2.51. The molecule has 0 N–H and O–H groups in total. The first-order chi connectivity index (χ1) is 10.7. The zero-order valence-corrected chi connectivity index (χ0v) is 15.5. The normalized spacial score (nSPS) is 43.9. The Morgan fingerprint density at radius 1 is 0.636 bits per heavy atom. The maximum atomic E-state index is 2.51. The Morgan fingerprint density at radius 2 is 1.14 bits per heavy atom. The molecule has 3 rings (SSSR count). The van der Waals surface area contributed by atoms with Crippen molar-refractivity contribution in [1.29, 1.82) is 0 Å². The quantitative estimate of drug-likeness (QED) is 0.495. The molecular weight excluding hydrogens is 264 g/mol. The van der Waals surface area contributed by atoms with Gasteiger partial charge in [-0.1, -0.05) is 84.5 Å². The second-order valence-electron chi connectivity index (χ2n) is 9.45. The van der Waals surface area contributed by atoms with Crippen molar-refractivity contribution in [3.8, 4) is 0 Å². The average Bonchev–Trinajstić information content (AvgIpc) is 2.54. The standard InChI is InChI=1S/C22H40/c1-3-21-14-9-15-22(4-2,18-21)17-20-11-7-5-6-10-19(16-21)12-8-13-20/h19-20H,3-18H2,1-2H3. The molecule has 0 radical (unpaired) electrons. The number of fused-ring (bicyclic) bond motifs is 6. The van der Waals surface area contributed by atoms with Crippen molar-refractivity contribution in [1.82, 2.24) is 0 Å². The molecule has 0 aromatic heterocycles. The lowest BCUT2D eigenvalue weighted by atomic mass is 9.54.